The Bertz CT molecular complexity index is 623. The normalized spacial score (nSPS) is 10.6. The zero-order chi connectivity index (χ0) is 15.9. The van der Waals surface area contributed by atoms with E-state index in [0.29, 0.717) is 5.16 Å². The van der Waals surface area contributed by atoms with Crippen LogP contribution in [0.5, 0.6) is 0 Å². The van der Waals surface area contributed by atoms with Gasteiger partial charge in [0.15, 0.2) is 5.82 Å². The molecule has 1 aromatic heterocycles. The number of thioether (sulfide) groups is 1. The summed E-state index contributed by atoms with van der Waals surface area (Å²) < 4.78 is 1.47. The maximum absolute atomic E-state index is 11.9. The molecular formula is C15H21N5OS. The van der Waals surface area contributed by atoms with E-state index < -0.39 is 0 Å². The van der Waals surface area contributed by atoms with Crippen molar-refractivity contribution in [3.05, 3.63) is 35.7 Å². The lowest BCUT2D eigenvalue weighted by atomic mass is 10.2. The van der Waals surface area contributed by atoms with Crippen LogP contribution in [0.3, 0.4) is 0 Å². The molecule has 118 valence electrons. The summed E-state index contributed by atoms with van der Waals surface area (Å²) in [6.07, 6.45) is 2.90. The van der Waals surface area contributed by atoms with Crippen molar-refractivity contribution in [2.24, 2.45) is 0 Å². The van der Waals surface area contributed by atoms with Crippen molar-refractivity contribution in [2.45, 2.75) is 38.3 Å². The van der Waals surface area contributed by atoms with Gasteiger partial charge in [-0.05, 0) is 25.5 Å². The van der Waals surface area contributed by atoms with Crippen molar-refractivity contribution in [2.75, 3.05) is 16.9 Å². The lowest BCUT2D eigenvalue weighted by molar-refractivity contribution is -0.113. The van der Waals surface area contributed by atoms with Crippen LogP contribution in [0.1, 0.15) is 31.2 Å². The number of anilines is 1. The third-order valence-corrected chi connectivity index (χ3v) is 4.10. The summed E-state index contributed by atoms with van der Waals surface area (Å²) in [5, 5.41) is 11.5. The molecule has 0 aliphatic heterocycles. The van der Waals surface area contributed by atoms with E-state index in [0.717, 1.165) is 36.3 Å². The summed E-state index contributed by atoms with van der Waals surface area (Å²) in [6.45, 7) is 4.12. The van der Waals surface area contributed by atoms with E-state index in [4.69, 9.17) is 5.84 Å². The van der Waals surface area contributed by atoms with Crippen LogP contribution in [-0.2, 0) is 11.2 Å². The number of aryl methyl sites for hydroxylation is 2. The highest BCUT2D eigenvalue weighted by atomic mass is 32.2. The molecule has 1 heterocycles. The van der Waals surface area contributed by atoms with Crippen molar-refractivity contribution >= 4 is 23.4 Å². The number of nitrogens with zero attached hydrogens (tertiary/aromatic N) is 3. The Balaban J connectivity index is 1.85. The summed E-state index contributed by atoms with van der Waals surface area (Å²) >= 11 is 1.28. The fourth-order valence-corrected chi connectivity index (χ4v) is 2.55. The minimum atomic E-state index is -0.0908. The number of nitrogen functional groups attached to an aromatic ring is 1. The average molecular weight is 319 g/mol. The van der Waals surface area contributed by atoms with Gasteiger partial charge in [0, 0.05) is 12.1 Å². The molecule has 0 bridgehead atoms. The van der Waals surface area contributed by atoms with Crippen LogP contribution in [0, 0.1) is 6.92 Å². The van der Waals surface area contributed by atoms with Gasteiger partial charge < -0.3 is 11.2 Å². The van der Waals surface area contributed by atoms with Gasteiger partial charge in [0.2, 0.25) is 11.1 Å². The number of amides is 1. The first-order valence-electron chi connectivity index (χ1n) is 7.29. The first-order chi connectivity index (χ1) is 10.6. The second-order valence-electron chi connectivity index (χ2n) is 5.08. The molecule has 0 atom stereocenters. The Hall–Kier alpha value is -2.02. The van der Waals surface area contributed by atoms with Crippen LogP contribution in [-0.4, -0.2) is 26.5 Å². The van der Waals surface area contributed by atoms with Crippen LogP contribution >= 0.6 is 11.8 Å². The molecular weight excluding hydrogens is 298 g/mol. The summed E-state index contributed by atoms with van der Waals surface area (Å²) in [6, 6.07) is 7.68. The largest absolute Gasteiger partial charge is 0.336 e. The molecule has 7 heteroatoms. The standard InChI is InChI=1S/C15H21N5OS/c1-3-4-5-13-18-19-15(20(13)16)22-10-14(21)17-12-8-6-11(2)7-9-12/h6-9H,3-5,10,16H2,1-2H3,(H,17,21). The van der Waals surface area contributed by atoms with Crippen LogP contribution in [0.4, 0.5) is 5.69 Å². The molecule has 1 amide bonds. The number of hydrogen-bond donors (Lipinski definition) is 2. The maximum atomic E-state index is 11.9. The van der Waals surface area contributed by atoms with E-state index in [1.165, 1.54) is 16.4 Å². The molecule has 22 heavy (non-hydrogen) atoms. The fourth-order valence-electron chi connectivity index (χ4n) is 1.88. The fraction of sp³-hybridized carbons (Fsp3) is 0.400. The van der Waals surface area contributed by atoms with Crippen molar-refractivity contribution in [3.8, 4) is 0 Å². The molecule has 0 aliphatic carbocycles. The molecule has 3 N–H and O–H groups in total. The van der Waals surface area contributed by atoms with Gasteiger partial charge in [-0.2, -0.15) is 0 Å². The number of nitrogens with one attached hydrogen (secondary N) is 1. The monoisotopic (exact) mass is 319 g/mol. The molecule has 0 saturated carbocycles. The van der Waals surface area contributed by atoms with Gasteiger partial charge in [0.25, 0.3) is 0 Å². The highest BCUT2D eigenvalue weighted by Crippen LogP contribution is 2.16. The number of benzene rings is 1. The molecule has 2 rings (SSSR count). The van der Waals surface area contributed by atoms with Crippen LogP contribution < -0.4 is 11.2 Å². The van der Waals surface area contributed by atoms with Gasteiger partial charge in [-0.25, -0.2) is 4.68 Å². The van der Waals surface area contributed by atoms with Crippen molar-refractivity contribution < 1.29 is 4.79 Å². The Kier molecular flexibility index (Phi) is 5.83. The van der Waals surface area contributed by atoms with E-state index >= 15 is 0 Å². The third kappa shape index (κ3) is 4.49. The van der Waals surface area contributed by atoms with Crippen molar-refractivity contribution in [3.63, 3.8) is 0 Å². The molecule has 0 radical (unpaired) electrons. The highest BCUT2D eigenvalue weighted by Gasteiger charge is 2.12. The topological polar surface area (TPSA) is 85.8 Å². The van der Waals surface area contributed by atoms with Crippen LogP contribution in [0.25, 0.3) is 0 Å². The predicted octanol–water partition coefficient (Wildman–Crippen LogP) is 2.37. The molecule has 6 nitrogen and oxygen atoms in total. The number of rotatable bonds is 7. The summed E-state index contributed by atoms with van der Waals surface area (Å²) in [5.41, 5.74) is 1.94. The van der Waals surface area contributed by atoms with E-state index in [1.807, 2.05) is 31.2 Å². The number of aromatic nitrogens is 3. The quantitative estimate of drug-likeness (QED) is 0.604. The van der Waals surface area contributed by atoms with E-state index in [-0.39, 0.29) is 11.7 Å². The lowest BCUT2D eigenvalue weighted by Gasteiger charge is -2.05. The van der Waals surface area contributed by atoms with E-state index in [2.05, 4.69) is 22.4 Å². The maximum Gasteiger partial charge on any atom is 0.234 e. The second kappa shape index (κ2) is 7.84. The molecule has 1 aromatic carbocycles. The number of unbranched alkanes of at least 4 members (excludes halogenated alkanes) is 1. The zero-order valence-corrected chi connectivity index (χ0v) is 13.7. The minimum Gasteiger partial charge on any atom is -0.336 e. The first kappa shape index (κ1) is 16.4. The van der Waals surface area contributed by atoms with Crippen LogP contribution in [0.15, 0.2) is 29.4 Å². The van der Waals surface area contributed by atoms with Gasteiger partial charge in [0.05, 0.1) is 5.75 Å². The van der Waals surface area contributed by atoms with E-state index in [1.54, 1.807) is 0 Å². The molecule has 0 unspecified atom stereocenters. The number of hydrogen-bond acceptors (Lipinski definition) is 5. The molecule has 2 aromatic rings. The molecule has 0 spiro atoms. The zero-order valence-electron chi connectivity index (χ0n) is 12.9. The van der Waals surface area contributed by atoms with Gasteiger partial charge >= 0.3 is 0 Å². The predicted molar refractivity (Wildman–Crippen MR) is 89.3 cm³/mol. The average Bonchev–Trinajstić information content (AvgIpc) is 2.86. The molecule has 0 saturated heterocycles. The van der Waals surface area contributed by atoms with Gasteiger partial charge in [0.1, 0.15) is 0 Å². The Labute approximate surface area is 134 Å². The van der Waals surface area contributed by atoms with Crippen molar-refractivity contribution in [1.29, 1.82) is 0 Å². The summed E-state index contributed by atoms with van der Waals surface area (Å²) in [4.78, 5) is 11.9. The summed E-state index contributed by atoms with van der Waals surface area (Å²) in [7, 11) is 0. The second-order valence-corrected chi connectivity index (χ2v) is 6.02. The molecule has 0 fully saturated rings. The summed E-state index contributed by atoms with van der Waals surface area (Å²) in [5.74, 6) is 6.85. The molecule has 0 aliphatic rings. The van der Waals surface area contributed by atoms with Gasteiger partial charge in [-0.3, -0.25) is 4.79 Å². The van der Waals surface area contributed by atoms with E-state index in [9.17, 15) is 4.79 Å². The smallest absolute Gasteiger partial charge is 0.234 e. The number of carbonyl (C=O) groups is 1. The minimum absolute atomic E-state index is 0.0908. The SMILES string of the molecule is CCCCc1nnc(SCC(=O)Nc2ccc(C)cc2)n1N. The number of carbonyl (C=O) groups excluding carboxylic acids is 1. The highest BCUT2D eigenvalue weighted by molar-refractivity contribution is 7.99. The Morgan fingerprint density at radius 2 is 2.05 bits per heavy atom. The number of nitrogens with two attached hydrogens (primary N) is 1. The first-order valence-corrected chi connectivity index (χ1v) is 8.27. The lowest BCUT2D eigenvalue weighted by Crippen LogP contribution is -2.17. The Morgan fingerprint density at radius 3 is 2.73 bits per heavy atom. The van der Waals surface area contributed by atoms with Crippen molar-refractivity contribution in [1.82, 2.24) is 14.9 Å². The van der Waals surface area contributed by atoms with Crippen LogP contribution in [0.2, 0.25) is 0 Å². The Morgan fingerprint density at radius 1 is 1.32 bits per heavy atom. The van der Waals surface area contributed by atoms with Gasteiger partial charge in [-0.15, -0.1) is 10.2 Å². The third-order valence-electron chi connectivity index (χ3n) is 3.16. The van der Waals surface area contributed by atoms with Gasteiger partial charge in [-0.1, -0.05) is 42.8 Å².